The molecule has 0 radical (unpaired) electrons. The predicted molar refractivity (Wildman–Crippen MR) is 116 cm³/mol. The summed E-state index contributed by atoms with van der Waals surface area (Å²) in [5.41, 5.74) is 1.97. The van der Waals surface area contributed by atoms with Gasteiger partial charge in [0.2, 0.25) is 5.91 Å². The van der Waals surface area contributed by atoms with Crippen LogP contribution in [0.4, 0.5) is 5.82 Å². The fourth-order valence-electron chi connectivity index (χ4n) is 2.89. The smallest absolute Gasteiger partial charge is 0.272 e. The summed E-state index contributed by atoms with van der Waals surface area (Å²) in [5, 5.41) is 22.6. The number of hydrogen-bond donors (Lipinski definition) is 2. The van der Waals surface area contributed by atoms with Crippen molar-refractivity contribution >= 4 is 51.0 Å². The summed E-state index contributed by atoms with van der Waals surface area (Å²) in [6.07, 6.45) is 0. The van der Waals surface area contributed by atoms with Gasteiger partial charge in [-0.25, -0.2) is 4.98 Å². The van der Waals surface area contributed by atoms with E-state index >= 15 is 0 Å². The Morgan fingerprint density at radius 1 is 1.26 bits per heavy atom. The Morgan fingerprint density at radius 3 is 2.71 bits per heavy atom. The lowest BCUT2D eigenvalue weighted by atomic mass is 10.1. The Morgan fingerprint density at radius 2 is 2.03 bits per heavy atom. The van der Waals surface area contributed by atoms with Gasteiger partial charge in [0, 0.05) is 11.8 Å². The number of carboxylic acid groups (broad SMARTS) is 1. The second kappa shape index (κ2) is 8.74. The number of carboxylic acids is 1. The highest BCUT2D eigenvalue weighted by molar-refractivity contribution is 7.99. The van der Waals surface area contributed by atoms with Crippen molar-refractivity contribution in [1.82, 2.24) is 19.7 Å². The van der Waals surface area contributed by atoms with Crippen LogP contribution in [0, 0.1) is 6.92 Å². The van der Waals surface area contributed by atoms with Crippen molar-refractivity contribution in [2.24, 2.45) is 0 Å². The molecule has 1 aromatic carbocycles. The molecule has 2 N–H and O–H groups in total. The number of carbonyl (C=O) groups is 2. The molecule has 158 valence electrons. The number of aryl methyl sites for hydroxylation is 1. The number of aromatic amines is 1. The van der Waals surface area contributed by atoms with Gasteiger partial charge in [0.1, 0.15) is 4.70 Å². The molecule has 0 bridgehead atoms. The second-order valence-corrected chi connectivity index (χ2v) is 8.54. The lowest BCUT2D eigenvalue weighted by molar-refractivity contribution is -0.255. The van der Waals surface area contributed by atoms with Gasteiger partial charge in [-0.2, -0.15) is 5.10 Å². The van der Waals surface area contributed by atoms with Crippen LogP contribution in [-0.2, 0) is 11.3 Å². The molecule has 0 spiro atoms. The highest BCUT2D eigenvalue weighted by atomic mass is 32.2. The Balaban J connectivity index is 1.58. The topological polar surface area (TPSA) is 133 Å². The number of aromatic carboxylic acids is 1. The number of nitrogens with one attached hydrogen (secondary N) is 2. The third-order valence-corrected chi connectivity index (χ3v) is 6.23. The van der Waals surface area contributed by atoms with Crippen molar-refractivity contribution in [2.75, 3.05) is 11.1 Å². The molecule has 31 heavy (non-hydrogen) atoms. The van der Waals surface area contributed by atoms with E-state index in [4.69, 9.17) is 0 Å². The van der Waals surface area contributed by atoms with E-state index in [1.165, 1.54) is 28.0 Å². The lowest BCUT2D eigenvalue weighted by Gasteiger charge is -2.12. The zero-order chi connectivity index (χ0) is 22.0. The summed E-state index contributed by atoms with van der Waals surface area (Å²) >= 11 is 2.44. The van der Waals surface area contributed by atoms with Crippen LogP contribution < -0.4 is 16.0 Å². The van der Waals surface area contributed by atoms with E-state index in [1.54, 1.807) is 29.6 Å². The molecule has 0 aliphatic heterocycles. The predicted octanol–water partition coefficient (Wildman–Crippen LogP) is 1.63. The van der Waals surface area contributed by atoms with Crippen molar-refractivity contribution in [2.45, 2.75) is 18.6 Å². The van der Waals surface area contributed by atoms with E-state index in [0.29, 0.717) is 21.2 Å². The number of carbonyl (C=O) groups excluding carboxylic acids is 2. The number of rotatable bonds is 7. The number of nitrogens with zero attached hydrogens (tertiary/aromatic N) is 3. The van der Waals surface area contributed by atoms with Gasteiger partial charge in [-0.15, -0.1) is 11.3 Å². The van der Waals surface area contributed by atoms with Crippen LogP contribution in [0.3, 0.4) is 0 Å². The van der Waals surface area contributed by atoms with Crippen LogP contribution in [0.15, 0.2) is 51.7 Å². The van der Waals surface area contributed by atoms with Gasteiger partial charge in [-0.1, -0.05) is 36.0 Å². The molecule has 3 aromatic heterocycles. The maximum atomic E-state index is 13.0. The molecule has 0 aliphatic carbocycles. The van der Waals surface area contributed by atoms with Gasteiger partial charge < -0.3 is 15.2 Å². The largest absolute Gasteiger partial charge is 0.545 e. The summed E-state index contributed by atoms with van der Waals surface area (Å²) < 4.78 is 2.01. The number of fused-ring (bicyclic) bond motifs is 1. The zero-order valence-corrected chi connectivity index (χ0v) is 17.9. The van der Waals surface area contributed by atoms with Crippen molar-refractivity contribution < 1.29 is 14.7 Å². The van der Waals surface area contributed by atoms with Crippen LogP contribution in [-0.4, -0.2) is 37.4 Å². The lowest BCUT2D eigenvalue weighted by Crippen LogP contribution is -2.24. The average molecular weight is 455 g/mol. The third kappa shape index (κ3) is 4.67. The van der Waals surface area contributed by atoms with Crippen LogP contribution in [0.25, 0.3) is 10.2 Å². The fourth-order valence-corrected chi connectivity index (χ4v) is 4.47. The number of thioether (sulfide) groups is 1. The van der Waals surface area contributed by atoms with Crippen LogP contribution >= 0.6 is 23.1 Å². The minimum atomic E-state index is -1.26. The molecule has 0 fully saturated rings. The molecule has 11 heteroatoms. The Kier molecular flexibility index (Phi) is 5.87. The monoisotopic (exact) mass is 454 g/mol. The highest BCUT2D eigenvalue weighted by Crippen LogP contribution is 2.22. The molecule has 0 saturated carbocycles. The number of aromatic nitrogens is 4. The molecule has 4 rings (SSSR count). The molecule has 1 amide bonds. The zero-order valence-electron chi connectivity index (χ0n) is 16.2. The van der Waals surface area contributed by atoms with Gasteiger partial charge in [0.05, 0.1) is 23.8 Å². The summed E-state index contributed by atoms with van der Waals surface area (Å²) in [6.45, 7) is 2.02. The summed E-state index contributed by atoms with van der Waals surface area (Å²) in [5.74, 6) is -1.08. The van der Waals surface area contributed by atoms with Gasteiger partial charge in [-0.05, 0) is 29.5 Å². The van der Waals surface area contributed by atoms with Crippen LogP contribution in [0.2, 0.25) is 0 Å². The number of thiophene rings is 1. The SMILES string of the molecule is Cc1cc(NC(=O)CSc2nc3ccsc3c(=O)n2Cc2ccc(C(=O)[O-])cc2)n[nH]1. The Bertz CT molecular complexity index is 1320. The number of benzene rings is 1. The number of H-pyrrole nitrogens is 1. The first kappa shape index (κ1) is 20.8. The molecular formula is C20H16N5O4S2-. The van der Waals surface area contributed by atoms with E-state index in [2.05, 4.69) is 20.5 Å². The fraction of sp³-hybridized carbons (Fsp3) is 0.150. The van der Waals surface area contributed by atoms with E-state index in [0.717, 1.165) is 23.0 Å². The van der Waals surface area contributed by atoms with Crippen molar-refractivity contribution in [3.05, 3.63) is 69.0 Å². The molecule has 4 aromatic rings. The molecule has 0 saturated heterocycles. The van der Waals surface area contributed by atoms with E-state index in [9.17, 15) is 19.5 Å². The summed E-state index contributed by atoms with van der Waals surface area (Å²) in [4.78, 5) is 40.8. The van der Waals surface area contributed by atoms with E-state index in [-0.39, 0.29) is 29.3 Å². The number of hydrogen-bond acceptors (Lipinski definition) is 8. The average Bonchev–Trinajstić information content (AvgIpc) is 3.38. The normalized spacial score (nSPS) is 11.0. The van der Waals surface area contributed by atoms with Crippen LogP contribution in [0.5, 0.6) is 0 Å². The van der Waals surface area contributed by atoms with Crippen molar-refractivity contribution in [3.8, 4) is 0 Å². The molecule has 3 heterocycles. The molecular weight excluding hydrogens is 438 g/mol. The van der Waals surface area contributed by atoms with Crippen molar-refractivity contribution in [3.63, 3.8) is 0 Å². The van der Waals surface area contributed by atoms with Gasteiger partial charge in [0.25, 0.3) is 5.56 Å². The first-order valence-corrected chi connectivity index (χ1v) is 11.0. The Hall–Kier alpha value is -3.44. The van der Waals surface area contributed by atoms with E-state index < -0.39 is 5.97 Å². The first-order chi connectivity index (χ1) is 14.9. The molecule has 0 unspecified atom stereocenters. The van der Waals surface area contributed by atoms with Crippen LogP contribution in [0.1, 0.15) is 21.6 Å². The maximum absolute atomic E-state index is 13.0. The first-order valence-electron chi connectivity index (χ1n) is 9.13. The third-order valence-electron chi connectivity index (χ3n) is 4.37. The summed E-state index contributed by atoms with van der Waals surface area (Å²) in [7, 11) is 0. The second-order valence-electron chi connectivity index (χ2n) is 6.68. The highest BCUT2D eigenvalue weighted by Gasteiger charge is 2.15. The standard InChI is InChI=1S/C20H17N5O4S2/c1-11-8-15(24-23-11)22-16(26)10-31-20-21-14-6-7-30-17(14)18(27)25(20)9-12-2-4-13(5-3-12)19(28)29/h2-8H,9-10H2,1H3,(H,28,29)(H2,22,23,24,26)/p-1. The minimum absolute atomic E-state index is 0.0393. The number of amides is 1. The van der Waals surface area contributed by atoms with Gasteiger partial charge in [-0.3, -0.25) is 19.3 Å². The minimum Gasteiger partial charge on any atom is -0.545 e. The van der Waals surface area contributed by atoms with E-state index in [1.807, 2.05) is 6.92 Å². The Labute approximate surface area is 184 Å². The maximum Gasteiger partial charge on any atom is 0.272 e. The van der Waals surface area contributed by atoms with Gasteiger partial charge in [0.15, 0.2) is 11.0 Å². The molecule has 0 aliphatic rings. The van der Waals surface area contributed by atoms with Crippen molar-refractivity contribution in [1.29, 1.82) is 0 Å². The molecule has 0 atom stereocenters. The molecule has 9 nitrogen and oxygen atoms in total. The van der Waals surface area contributed by atoms with Gasteiger partial charge >= 0.3 is 0 Å². The number of anilines is 1. The summed E-state index contributed by atoms with van der Waals surface area (Å²) in [6, 6.07) is 9.58. The quantitative estimate of drug-likeness (QED) is 0.320.